The summed E-state index contributed by atoms with van der Waals surface area (Å²) in [5.41, 5.74) is 5.70. The van der Waals surface area contributed by atoms with Gasteiger partial charge in [-0.2, -0.15) is 0 Å². The number of hydrogen-bond donors (Lipinski definition) is 2. The van der Waals surface area contributed by atoms with Gasteiger partial charge < -0.3 is 15.2 Å². The Morgan fingerprint density at radius 3 is 2.59 bits per heavy atom. The summed E-state index contributed by atoms with van der Waals surface area (Å²) in [6.45, 7) is 2.16. The first-order valence-corrected chi connectivity index (χ1v) is 6.47. The second-order valence-electron chi connectivity index (χ2n) is 3.60. The van der Waals surface area contributed by atoms with Gasteiger partial charge >= 0.3 is 0 Å². The fourth-order valence-corrected chi connectivity index (χ4v) is 2.04. The summed E-state index contributed by atoms with van der Waals surface area (Å²) in [5, 5.41) is 5.03. The summed E-state index contributed by atoms with van der Waals surface area (Å²) in [5.74, 6) is 0.279. The molecule has 0 bridgehead atoms. The molecule has 0 saturated heterocycles. The average Bonchev–Trinajstić information content (AvgIpc) is 2.19. The zero-order chi connectivity index (χ0) is 13.1. The number of ether oxygens (including phenoxy) is 2. The van der Waals surface area contributed by atoms with Crippen molar-refractivity contribution in [2.75, 3.05) is 19.5 Å². The van der Waals surface area contributed by atoms with Crippen LogP contribution in [0, 0.1) is 0 Å². The van der Waals surface area contributed by atoms with Crippen LogP contribution in [0.2, 0.25) is 0 Å². The van der Waals surface area contributed by atoms with Gasteiger partial charge in [-0.1, -0.05) is 6.07 Å². The lowest BCUT2D eigenvalue weighted by atomic mass is 10.3. The molecule has 1 rings (SSSR count). The normalized spacial score (nSPS) is 13.4. The van der Waals surface area contributed by atoms with E-state index in [9.17, 15) is 8.42 Å². The SMILES string of the molecule is COCC(C)Oc1cccc(S(N)(=O)=O)c1N. The van der Waals surface area contributed by atoms with Gasteiger partial charge in [0.2, 0.25) is 10.0 Å². The van der Waals surface area contributed by atoms with Gasteiger partial charge in [0, 0.05) is 7.11 Å². The minimum absolute atomic E-state index is 0.0120. The van der Waals surface area contributed by atoms with E-state index < -0.39 is 10.0 Å². The highest BCUT2D eigenvalue weighted by molar-refractivity contribution is 7.89. The van der Waals surface area contributed by atoms with Crippen molar-refractivity contribution >= 4 is 15.7 Å². The number of hydrogen-bond acceptors (Lipinski definition) is 5. The molecule has 1 aromatic rings. The molecular weight excluding hydrogens is 244 g/mol. The predicted molar refractivity (Wildman–Crippen MR) is 64.2 cm³/mol. The molecule has 0 aliphatic carbocycles. The Balaban J connectivity index is 3.03. The lowest BCUT2D eigenvalue weighted by Crippen LogP contribution is -2.20. The standard InChI is InChI=1S/C10H16N2O4S/c1-7(6-15-2)16-8-4-3-5-9(10(8)11)17(12,13)14/h3-5,7H,6,11H2,1-2H3,(H2,12,13,14). The van der Waals surface area contributed by atoms with Crippen LogP contribution in [0.4, 0.5) is 5.69 Å². The summed E-state index contributed by atoms with van der Waals surface area (Å²) in [7, 11) is -2.29. The first-order chi connectivity index (χ1) is 7.86. The summed E-state index contributed by atoms with van der Waals surface area (Å²) < 4.78 is 32.8. The Morgan fingerprint density at radius 2 is 2.06 bits per heavy atom. The molecule has 0 saturated carbocycles. The molecule has 17 heavy (non-hydrogen) atoms. The molecule has 1 unspecified atom stereocenters. The number of nitrogen functional groups attached to an aromatic ring is 1. The molecule has 0 radical (unpaired) electrons. The topological polar surface area (TPSA) is 105 Å². The van der Waals surface area contributed by atoms with Gasteiger partial charge in [-0.15, -0.1) is 0 Å². The van der Waals surface area contributed by atoms with Gasteiger partial charge in [0.1, 0.15) is 16.7 Å². The Kier molecular flexibility index (Phi) is 4.33. The van der Waals surface area contributed by atoms with Crippen molar-refractivity contribution in [1.82, 2.24) is 0 Å². The minimum atomic E-state index is -3.84. The molecule has 0 spiro atoms. The van der Waals surface area contributed by atoms with Gasteiger partial charge in [0.25, 0.3) is 0 Å². The monoisotopic (exact) mass is 260 g/mol. The molecule has 1 atom stereocenters. The maximum Gasteiger partial charge on any atom is 0.240 e. The van der Waals surface area contributed by atoms with Crippen molar-refractivity contribution in [2.24, 2.45) is 5.14 Å². The number of anilines is 1. The number of primary sulfonamides is 1. The van der Waals surface area contributed by atoms with E-state index in [2.05, 4.69) is 0 Å². The highest BCUT2D eigenvalue weighted by atomic mass is 32.2. The first kappa shape index (κ1) is 13.8. The second kappa shape index (κ2) is 5.35. The van der Waals surface area contributed by atoms with Crippen LogP contribution in [-0.4, -0.2) is 28.2 Å². The number of methoxy groups -OCH3 is 1. The van der Waals surface area contributed by atoms with Gasteiger partial charge in [-0.3, -0.25) is 0 Å². The van der Waals surface area contributed by atoms with Crippen LogP contribution in [0.15, 0.2) is 23.1 Å². The zero-order valence-corrected chi connectivity index (χ0v) is 10.5. The highest BCUT2D eigenvalue weighted by Gasteiger charge is 2.16. The highest BCUT2D eigenvalue weighted by Crippen LogP contribution is 2.28. The molecule has 0 aliphatic heterocycles. The Bertz CT molecular complexity index is 487. The van der Waals surface area contributed by atoms with Crippen LogP contribution in [0.25, 0.3) is 0 Å². The molecule has 6 nitrogen and oxygen atoms in total. The van der Waals surface area contributed by atoms with Crippen LogP contribution < -0.4 is 15.6 Å². The fourth-order valence-electron chi connectivity index (χ4n) is 1.36. The summed E-state index contributed by atoms with van der Waals surface area (Å²) in [6, 6.07) is 4.43. The summed E-state index contributed by atoms with van der Waals surface area (Å²) >= 11 is 0. The van der Waals surface area contributed by atoms with E-state index in [-0.39, 0.29) is 22.4 Å². The fraction of sp³-hybridized carbons (Fsp3) is 0.400. The third kappa shape index (κ3) is 3.58. The van der Waals surface area contributed by atoms with E-state index in [1.165, 1.54) is 12.1 Å². The third-order valence-electron chi connectivity index (χ3n) is 2.06. The van der Waals surface area contributed by atoms with Crippen LogP contribution >= 0.6 is 0 Å². The lowest BCUT2D eigenvalue weighted by molar-refractivity contribution is 0.0924. The quantitative estimate of drug-likeness (QED) is 0.742. The Morgan fingerprint density at radius 1 is 1.41 bits per heavy atom. The number of rotatable bonds is 5. The van der Waals surface area contributed by atoms with E-state index >= 15 is 0 Å². The van der Waals surface area contributed by atoms with Crippen molar-refractivity contribution in [1.29, 1.82) is 0 Å². The van der Waals surface area contributed by atoms with E-state index in [1.54, 1.807) is 20.1 Å². The molecule has 4 N–H and O–H groups in total. The van der Waals surface area contributed by atoms with Crippen molar-refractivity contribution in [3.8, 4) is 5.75 Å². The van der Waals surface area contributed by atoms with Gasteiger partial charge in [-0.05, 0) is 19.1 Å². The minimum Gasteiger partial charge on any atom is -0.486 e. The maximum atomic E-state index is 11.2. The smallest absolute Gasteiger partial charge is 0.240 e. The average molecular weight is 260 g/mol. The number of nitrogens with two attached hydrogens (primary N) is 2. The first-order valence-electron chi connectivity index (χ1n) is 4.93. The van der Waals surface area contributed by atoms with Crippen LogP contribution in [0.1, 0.15) is 6.92 Å². The van der Waals surface area contributed by atoms with Crippen molar-refractivity contribution in [3.63, 3.8) is 0 Å². The molecular formula is C10H16N2O4S. The molecule has 0 amide bonds. The van der Waals surface area contributed by atoms with Crippen LogP contribution in [0.5, 0.6) is 5.75 Å². The van der Waals surface area contributed by atoms with E-state index in [4.69, 9.17) is 20.3 Å². The van der Waals surface area contributed by atoms with Gasteiger partial charge in [0.05, 0.1) is 12.3 Å². The number of benzene rings is 1. The molecule has 7 heteroatoms. The lowest BCUT2D eigenvalue weighted by Gasteiger charge is -2.16. The van der Waals surface area contributed by atoms with Gasteiger partial charge in [-0.25, -0.2) is 13.6 Å². The van der Waals surface area contributed by atoms with Gasteiger partial charge in [0.15, 0.2) is 0 Å². The second-order valence-corrected chi connectivity index (χ2v) is 5.13. The van der Waals surface area contributed by atoms with Crippen LogP contribution in [0.3, 0.4) is 0 Å². The van der Waals surface area contributed by atoms with E-state index in [0.29, 0.717) is 6.61 Å². The van der Waals surface area contributed by atoms with E-state index in [0.717, 1.165) is 0 Å². The van der Waals surface area contributed by atoms with Crippen LogP contribution in [-0.2, 0) is 14.8 Å². The molecule has 0 aliphatic rings. The van der Waals surface area contributed by atoms with Crippen molar-refractivity contribution in [2.45, 2.75) is 17.9 Å². The molecule has 0 aromatic heterocycles. The largest absolute Gasteiger partial charge is 0.486 e. The molecule has 96 valence electrons. The van der Waals surface area contributed by atoms with Crippen molar-refractivity contribution in [3.05, 3.63) is 18.2 Å². The summed E-state index contributed by atoms with van der Waals surface area (Å²) in [6.07, 6.45) is -0.238. The van der Waals surface area contributed by atoms with Crippen molar-refractivity contribution < 1.29 is 17.9 Å². The zero-order valence-electron chi connectivity index (χ0n) is 9.71. The third-order valence-corrected chi connectivity index (χ3v) is 3.03. The number of para-hydroxylation sites is 1. The maximum absolute atomic E-state index is 11.2. The predicted octanol–water partition coefficient (Wildman–Crippen LogP) is 0.330. The Hall–Kier alpha value is -1.31. The number of sulfonamides is 1. The molecule has 0 fully saturated rings. The molecule has 0 heterocycles. The Labute approximate surface area is 101 Å². The molecule has 1 aromatic carbocycles. The summed E-state index contributed by atoms with van der Waals surface area (Å²) in [4.78, 5) is -0.139. The van der Waals surface area contributed by atoms with E-state index in [1.807, 2.05) is 0 Å².